The Morgan fingerprint density at radius 1 is 0.750 bits per heavy atom. The van der Waals surface area contributed by atoms with Crippen LogP contribution in [-0.4, -0.2) is 45.2 Å². The normalized spacial score (nSPS) is 11.9. The summed E-state index contributed by atoms with van der Waals surface area (Å²) < 4.78 is 39.7. The van der Waals surface area contributed by atoms with Crippen molar-refractivity contribution in [2.45, 2.75) is 58.3 Å². The van der Waals surface area contributed by atoms with Gasteiger partial charge in [0, 0.05) is 6.61 Å². The van der Waals surface area contributed by atoms with Gasteiger partial charge in [0.2, 0.25) is 0 Å². The van der Waals surface area contributed by atoms with Gasteiger partial charge in [0.05, 0.1) is 25.6 Å². The standard InChI is InChI=1S/C14H30O5S/c1-2-3-4-5-6-7-8-9-10-18-11-12-19-13-14-20(15,16)17/h2-14H2,1H3,(H,15,16,17). The highest BCUT2D eigenvalue weighted by Crippen LogP contribution is 2.08. The zero-order valence-corrected chi connectivity index (χ0v) is 13.5. The summed E-state index contributed by atoms with van der Waals surface area (Å²) in [5.74, 6) is -0.356. The highest BCUT2D eigenvalue weighted by molar-refractivity contribution is 7.85. The molecule has 0 aliphatic heterocycles. The van der Waals surface area contributed by atoms with Crippen molar-refractivity contribution in [2.24, 2.45) is 0 Å². The molecule has 0 amide bonds. The van der Waals surface area contributed by atoms with E-state index in [2.05, 4.69) is 6.92 Å². The van der Waals surface area contributed by atoms with Gasteiger partial charge < -0.3 is 9.47 Å². The molecule has 6 heteroatoms. The van der Waals surface area contributed by atoms with Gasteiger partial charge >= 0.3 is 0 Å². The Labute approximate surface area is 123 Å². The van der Waals surface area contributed by atoms with Crippen molar-refractivity contribution in [2.75, 3.05) is 32.2 Å². The lowest BCUT2D eigenvalue weighted by molar-refractivity contribution is 0.0516. The minimum atomic E-state index is -3.91. The number of unbranched alkanes of at least 4 members (excludes halogenated alkanes) is 7. The molecule has 0 heterocycles. The summed E-state index contributed by atoms with van der Waals surface area (Å²) >= 11 is 0. The second kappa shape index (κ2) is 13.8. The molecule has 5 nitrogen and oxygen atoms in total. The van der Waals surface area contributed by atoms with Crippen LogP contribution in [0.1, 0.15) is 58.3 Å². The SMILES string of the molecule is CCCCCCCCCCOCCOCCS(=O)(=O)O. The van der Waals surface area contributed by atoms with Crippen LogP contribution in [0.3, 0.4) is 0 Å². The molecule has 0 rings (SSSR count). The molecule has 0 bridgehead atoms. The lowest BCUT2D eigenvalue weighted by atomic mass is 10.1. The summed E-state index contributed by atoms with van der Waals surface area (Å²) in [6.45, 7) is 3.81. The predicted molar refractivity (Wildman–Crippen MR) is 80.7 cm³/mol. The lowest BCUT2D eigenvalue weighted by Crippen LogP contribution is -2.13. The third-order valence-electron chi connectivity index (χ3n) is 3.00. The van der Waals surface area contributed by atoms with Crippen molar-refractivity contribution < 1.29 is 22.4 Å². The van der Waals surface area contributed by atoms with E-state index in [4.69, 9.17) is 14.0 Å². The van der Waals surface area contributed by atoms with E-state index in [-0.39, 0.29) is 12.4 Å². The quantitative estimate of drug-likeness (QED) is 0.372. The maximum absolute atomic E-state index is 10.4. The van der Waals surface area contributed by atoms with E-state index in [0.717, 1.165) is 13.0 Å². The molecule has 0 atom stereocenters. The zero-order chi connectivity index (χ0) is 15.1. The van der Waals surface area contributed by atoms with E-state index >= 15 is 0 Å². The monoisotopic (exact) mass is 310 g/mol. The van der Waals surface area contributed by atoms with Crippen LogP contribution in [0.15, 0.2) is 0 Å². The first-order valence-electron chi connectivity index (χ1n) is 7.67. The Kier molecular flexibility index (Phi) is 13.7. The topological polar surface area (TPSA) is 72.8 Å². The van der Waals surface area contributed by atoms with E-state index in [9.17, 15) is 8.42 Å². The third-order valence-corrected chi connectivity index (χ3v) is 3.68. The minimum Gasteiger partial charge on any atom is -0.379 e. The average molecular weight is 310 g/mol. The van der Waals surface area contributed by atoms with Crippen LogP contribution in [0.5, 0.6) is 0 Å². The predicted octanol–water partition coefficient (Wildman–Crippen LogP) is 3.05. The maximum atomic E-state index is 10.4. The molecule has 0 aromatic carbocycles. The van der Waals surface area contributed by atoms with E-state index < -0.39 is 10.1 Å². The van der Waals surface area contributed by atoms with Crippen molar-refractivity contribution in [3.05, 3.63) is 0 Å². The molecule has 122 valence electrons. The number of hydrogen-bond donors (Lipinski definition) is 1. The van der Waals surface area contributed by atoms with Gasteiger partial charge in [0.1, 0.15) is 0 Å². The highest BCUT2D eigenvalue weighted by Gasteiger charge is 2.02. The molecule has 0 saturated heterocycles. The molecule has 0 aliphatic carbocycles. The zero-order valence-electron chi connectivity index (χ0n) is 12.7. The van der Waals surface area contributed by atoms with Crippen molar-refractivity contribution >= 4 is 10.1 Å². The summed E-state index contributed by atoms with van der Waals surface area (Å²) in [5.41, 5.74) is 0. The molecule has 0 spiro atoms. The molecular weight excluding hydrogens is 280 g/mol. The lowest BCUT2D eigenvalue weighted by Gasteiger charge is -2.05. The molecule has 0 aromatic rings. The molecule has 0 aliphatic rings. The van der Waals surface area contributed by atoms with Crippen molar-refractivity contribution in [1.82, 2.24) is 0 Å². The van der Waals surface area contributed by atoms with E-state index in [0.29, 0.717) is 13.2 Å². The molecule has 0 fully saturated rings. The summed E-state index contributed by atoms with van der Waals surface area (Å²) in [6, 6.07) is 0. The van der Waals surface area contributed by atoms with Crippen LogP contribution in [0.25, 0.3) is 0 Å². The van der Waals surface area contributed by atoms with Crippen LogP contribution in [0.2, 0.25) is 0 Å². The second-order valence-electron chi connectivity index (χ2n) is 4.99. The van der Waals surface area contributed by atoms with Crippen LogP contribution in [0.4, 0.5) is 0 Å². The maximum Gasteiger partial charge on any atom is 0.267 e. The Morgan fingerprint density at radius 3 is 1.80 bits per heavy atom. The third kappa shape index (κ3) is 17.8. The first-order chi connectivity index (χ1) is 9.56. The largest absolute Gasteiger partial charge is 0.379 e. The average Bonchev–Trinajstić information content (AvgIpc) is 2.38. The van der Waals surface area contributed by atoms with Gasteiger partial charge in [-0.3, -0.25) is 4.55 Å². The first-order valence-corrected chi connectivity index (χ1v) is 9.28. The number of hydrogen-bond acceptors (Lipinski definition) is 4. The Hall–Kier alpha value is -0.170. The number of rotatable bonds is 15. The molecule has 20 heavy (non-hydrogen) atoms. The van der Waals surface area contributed by atoms with Gasteiger partial charge in [-0.1, -0.05) is 51.9 Å². The Morgan fingerprint density at radius 2 is 1.25 bits per heavy atom. The van der Waals surface area contributed by atoms with Gasteiger partial charge in [-0.15, -0.1) is 0 Å². The van der Waals surface area contributed by atoms with Gasteiger partial charge in [-0.25, -0.2) is 0 Å². The minimum absolute atomic E-state index is 0.0138. The van der Waals surface area contributed by atoms with Gasteiger partial charge in [0.25, 0.3) is 10.1 Å². The molecule has 1 N–H and O–H groups in total. The van der Waals surface area contributed by atoms with Crippen LogP contribution < -0.4 is 0 Å². The van der Waals surface area contributed by atoms with Crippen LogP contribution in [0, 0.1) is 0 Å². The van der Waals surface area contributed by atoms with Crippen LogP contribution in [-0.2, 0) is 19.6 Å². The van der Waals surface area contributed by atoms with Crippen molar-refractivity contribution in [3.63, 3.8) is 0 Å². The molecule has 0 unspecified atom stereocenters. The second-order valence-corrected chi connectivity index (χ2v) is 6.56. The van der Waals surface area contributed by atoms with E-state index in [1.54, 1.807) is 0 Å². The number of ether oxygens (including phenoxy) is 2. The van der Waals surface area contributed by atoms with Crippen LogP contribution >= 0.6 is 0 Å². The molecule has 0 radical (unpaired) electrons. The van der Waals surface area contributed by atoms with Gasteiger partial charge in [0.15, 0.2) is 0 Å². The van der Waals surface area contributed by atoms with Crippen molar-refractivity contribution in [3.8, 4) is 0 Å². The first kappa shape index (κ1) is 19.8. The fraction of sp³-hybridized carbons (Fsp3) is 1.00. The molecule has 0 aromatic heterocycles. The summed E-state index contributed by atoms with van der Waals surface area (Å²) in [6.07, 6.45) is 10.2. The smallest absolute Gasteiger partial charge is 0.267 e. The summed E-state index contributed by atoms with van der Waals surface area (Å²) in [5, 5.41) is 0. The molecule has 0 saturated carbocycles. The summed E-state index contributed by atoms with van der Waals surface area (Å²) in [7, 11) is -3.91. The van der Waals surface area contributed by atoms with Gasteiger partial charge in [-0.05, 0) is 6.42 Å². The Balaban J connectivity index is 3.03. The molecular formula is C14H30O5S. The van der Waals surface area contributed by atoms with E-state index in [1.807, 2.05) is 0 Å². The Bertz CT molecular complexity index is 290. The summed E-state index contributed by atoms with van der Waals surface area (Å²) in [4.78, 5) is 0. The highest BCUT2D eigenvalue weighted by atomic mass is 32.2. The van der Waals surface area contributed by atoms with Gasteiger partial charge in [-0.2, -0.15) is 8.42 Å². The fourth-order valence-electron chi connectivity index (χ4n) is 1.82. The van der Waals surface area contributed by atoms with Crippen molar-refractivity contribution in [1.29, 1.82) is 0 Å². The van der Waals surface area contributed by atoms with E-state index in [1.165, 1.54) is 44.9 Å². The fourth-order valence-corrected chi connectivity index (χ4v) is 2.15.